The fourth-order valence-corrected chi connectivity index (χ4v) is 4.08. The van der Waals surface area contributed by atoms with Crippen molar-refractivity contribution in [3.63, 3.8) is 0 Å². The zero-order valence-electron chi connectivity index (χ0n) is 14.1. The van der Waals surface area contributed by atoms with E-state index in [2.05, 4.69) is 33.9 Å². The maximum Gasteiger partial charge on any atom is 0.240 e. The lowest BCUT2D eigenvalue weighted by Crippen LogP contribution is -2.29. The monoisotopic (exact) mass is 362 g/mol. The molecule has 0 bridgehead atoms. The SMILES string of the molecule is O=S(=O)(NCCc1ccc(N2CCCCC2)cc1)c1ccc(F)cc1. The summed E-state index contributed by atoms with van der Waals surface area (Å²) in [7, 11) is -3.60. The van der Waals surface area contributed by atoms with Crippen LogP contribution < -0.4 is 9.62 Å². The number of piperidine rings is 1. The van der Waals surface area contributed by atoms with Crippen molar-refractivity contribution in [2.45, 2.75) is 30.6 Å². The van der Waals surface area contributed by atoms with Gasteiger partial charge in [-0.15, -0.1) is 0 Å². The molecule has 1 N–H and O–H groups in total. The molecule has 4 nitrogen and oxygen atoms in total. The molecule has 134 valence electrons. The first-order valence-electron chi connectivity index (χ1n) is 8.64. The minimum absolute atomic E-state index is 0.0781. The largest absolute Gasteiger partial charge is 0.372 e. The van der Waals surface area contributed by atoms with Crippen LogP contribution in [0.5, 0.6) is 0 Å². The lowest BCUT2D eigenvalue weighted by Gasteiger charge is -2.28. The number of halogens is 1. The Balaban J connectivity index is 1.54. The lowest BCUT2D eigenvalue weighted by atomic mass is 10.1. The first-order valence-corrected chi connectivity index (χ1v) is 10.1. The number of benzene rings is 2. The highest BCUT2D eigenvalue weighted by Crippen LogP contribution is 2.20. The van der Waals surface area contributed by atoms with Gasteiger partial charge in [0.1, 0.15) is 5.82 Å². The molecule has 0 aromatic heterocycles. The maximum absolute atomic E-state index is 12.9. The molecule has 1 saturated heterocycles. The molecule has 1 aliphatic heterocycles. The third-order valence-electron chi connectivity index (χ3n) is 4.49. The van der Waals surface area contributed by atoms with Gasteiger partial charge in [-0.25, -0.2) is 17.5 Å². The Hall–Kier alpha value is -1.92. The summed E-state index contributed by atoms with van der Waals surface area (Å²) in [6.07, 6.45) is 4.41. The highest BCUT2D eigenvalue weighted by atomic mass is 32.2. The number of hydrogen-bond donors (Lipinski definition) is 1. The molecular weight excluding hydrogens is 339 g/mol. The van der Waals surface area contributed by atoms with Gasteiger partial charge in [-0.05, 0) is 67.6 Å². The third kappa shape index (κ3) is 4.80. The lowest BCUT2D eigenvalue weighted by molar-refractivity contribution is 0.577. The fraction of sp³-hybridized carbons (Fsp3) is 0.368. The van der Waals surface area contributed by atoms with Gasteiger partial charge < -0.3 is 4.90 Å². The smallest absolute Gasteiger partial charge is 0.240 e. The number of nitrogens with one attached hydrogen (secondary N) is 1. The van der Waals surface area contributed by atoms with Crippen molar-refractivity contribution in [1.29, 1.82) is 0 Å². The minimum atomic E-state index is -3.60. The molecule has 6 heteroatoms. The second-order valence-corrected chi connectivity index (χ2v) is 8.08. The van der Waals surface area contributed by atoms with Gasteiger partial charge in [0.2, 0.25) is 10.0 Å². The number of nitrogens with zero attached hydrogens (tertiary/aromatic N) is 1. The van der Waals surface area contributed by atoms with Crippen LogP contribution in [0.1, 0.15) is 24.8 Å². The number of hydrogen-bond acceptors (Lipinski definition) is 3. The first kappa shape index (κ1) is 17.9. The maximum atomic E-state index is 12.9. The van der Waals surface area contributed by atoms with Gasteiger partial charge in [0.25, 0.3) is 0 Å². The second-order valence-electron chi connectivity index (χ2n) is 6.32. The van der Waals surface area contributed by atoms with E-state index < -0.39 is 15.8 Å². The molecule has 1 aliphatic rings. The third-order valence-corrected chi connectivity index (χ3v) is 5.96. The average molecular weight is 362 g/mol. The molecular formula is C19H23FN2O2S. The summed E-state index contributed by atoms with van der Waals surface area (Å²) < 4.78 is 39.8. The summed E-state index contributed by atoms with van der Waals surface area (Å²) in [6.45, 7) is 2.52. The van der Waals surface area contributed by atoms with Gasteiger partial charge in [0.15, 0.2) is 0 Å². The van der Waals surface area contributed by atoms with Crippen molar-refractivity contribution in [1.82, 2.24) is 4.72 Å². The van der Waals surface area contributed by atoms with Gasteiger partial charge in [0.05, 0.1) is 4.90 Å². The Morgan fingerprint density at radius 1 is 0.920 bits per heavy atom. The normalized spacial score (nSPS) is 15.3. The molecule has 1 heterocycles. The number of rotatable bonds is 6. The van der Waals surface area contributed by atoms with E-state index in [0.717, 1.165) is 30.8 Å². The van der Waals surface area contributed by atoms with Crippen LogP contribution in [0, 0.1) is 5.82 Å². The first-order chi connectivity index (χ1) is 12.0. The number of sulfonamides is 1. The van der Waals surface area contributed by atoms with Gasteiger partial charge in [0, 0.05) is 25.3 Å². The highest BCUT2D eigenvalue weighted by Gasteiger charge is 2.13. The molecule has 0 aliphatic carbocycles. The zero-order chi connectivity index (χ0) is 17.7. The fourth-order valence-electron chi connectivity index (χ4n) is 3.05. The van der Waals surface area contributed by atoms with Crippen LogP contribution in [0.3, 0.4) is 0 Å². The van der Waals surface area contributed by atoms with Gasteiger partial charge in [-0.2, -0.15) is 0 Å². The van der Waals surface area contributed by atoms with E-state index in [9.17, 15) is 12.8 Å². The summed E-state index contributed by atoms with van der Waals surface area (Å²) >= 11 is 0. The van der Waals surface area contributed by atoms with Crippen LogP contribution in [0.15, 0.2) is 53.4 Å². The van der Waals surface area contributed by atoms with Crippen molar-refractivity contribution >= 4 is 15.7 Å². The molecule has 2 aromatic rings. The average Bonchev–Trinajstić information content (AvgIpc) is 2.63. The van der Waals surface area contributed by atoms with E-state index >= 15 is 0 Å². The van der Waals surface area contributed by atoms with Crippen molar-refractivity contribution in [2.75, 3.05) is 24.5 Å². The van der Waals surface area contributed by atoms with Gasteiger partial charge in [-0.3, -0.25) is 0 Å². The van der Waals surface area contributed by atoms with Crippen molar-refractivity contribution in [2.24, 2.45) is 0 Å². The molecule has 1 fully saturated rings. The van der Waals surface area contributed by atoms with Crippen molar-refractivity contribution in [3.8, 4) is 0 Å². The minimum Gasteiger partial charge on any atom is -0.372 e. The van der Waals surface area contributed by atoms with E-state index in [1.807, 2.05) is 0 Å². The summed E-state index contributed by atoms with van der Waals surface area (Å²) in [5, 5.41) is 0. The highest BCUT2D eigenvalue weighted by molar-refractivity contribution is 7.89. The van der Waals surface area contributed by atoms with E-state index in [-0.39, 0.29) is 4.90 Å². The molecule has 25 heavy (non-hydrogen) atoms. The molecule has 3 rings (SSSR count). The van der Waals surface area contributed by atoms with Gasteiger partial charge >= 0.3 is 0 Å². The standard InChI is InChI=1S/C19H23FN2O2S/c20-17-6-10-19(11-7-17)25(23,24)21-13-12-16-4-8-18(9-5-16)22-14-2-1-3-15-22/h4-11,21H,1-3,12-15H2. The van der Waals surface area contributed by atoms with Crippen LogP contribution in [0.4, 0.5) is 10.1 Å². The summed E-state index contributed by atoms with van der Waals surface area (Å²) in [6, 6.07) is 13.1. The van der Waals surface area contributed by atoms with Crippen LogP contribution in [0.25, 0.3) is 0 Å². The van der Waals surface area contributed by atoms with Crippen LogP contribution in [-0.2, 0) is 16.4 Å². The molecule has 0 radical (unpaired) electrons. The summed E-state index contributed by atoms with van der Waals surface area (Å²) in [5.41, 5.74) is 2.32. The zero-order valence-corrected chi connectivity index (χ0v) is 14.9. The molecule has 0 unspecified atom stereocenters. The Kier molecular flexibility index (Phi) is 5.71. The molecule has 0 atom stereocenters. The van der Waals surface area contributed by atoms with E-state index in [0.29, 0.717) is 13.0 Å². The Labute approximate surface area is 148 Å². The predicted molar refractivity (Wildman–Crippen MR) is 97.8 cm³/mol. The van der Waals surface area contributed by atoms with Gasteiger partial charge in [-0.1, -0.05) is 12.1 Å². The topological polar surface area (TPSA) is 49.4 Å². The number of anilines is 1. The summed E-state index contributed by atoms with van der Waals surface area (Å²) in [5.74, 6) is -0.451. The van der Waals surface area contributed by atoms with Crippen molar-refractivity contribution < 1.29 is 12.8 Å². The second kappa shape index (κ2) is 7.97. The Bertz CT molecular complexity index is 783. The molecule has 0 amide bonds. The van der Waals surface area contributed by atoms with E-state index in [1.165, 1.54) is 37.1 Å². The van der Waals surface area contributed by atoms with E-state index in [4.69, 9.17) is 0 Å². The Morgan fingerprint density at radius 3 is 2.20 bits per heavy atom. The van der Waals surface area contributed by atoms with Crippen LogP contribution in [0.2, 0.25) is 0 Å². The van der Waals surface area contributed by atoms with Crippen LogP contribution >= 0.6 is 0 Å². The Morgan fingerprint density at radius 2 is 1.56 bits per heavy atom. The van der Waals surface area contributed by atoms with Crippen molar-refractivity contribution in [3.05, 3.63) is 59.9 Å². The van der Waals surface area contributed by atoms with E-state index in [1.54, 1.807) is 0 Å². The molecule has 2 aromatic carbocycles. The quantitative estimate of drug-likeness (QED) is 0.857. The molecule has 0 spiro atoms. The molecule has 0 saturated carbocycles. The summed E-state index contributed by atoms with van der Waals surface area (Å²) in [4.78, 5) is 2.47. The van der Waals surface area contributed by atoms with Crippen LogP contribution in [-0.4, -0.2) is 28.1 Å². The predicted octanol–water partition coefficient (Wildman–Crippen LogP) is 3.34.